The number of rotatable bonds is 2. The van der Waals surface area contributed by atoms with Gasteiger partial charge in [0, 0.05) is 0 Å². The van der Waals surface area contributed by atoms with Gasteiger partial charge in [0.25, 0.3) is 0 Å². The molecular weight excluding hydrogens is 288 g/mol. The largest absolute Gasteiger partial charge is 0.302 e. The number of fused-ring (bicyclic) bond motifs is 1. The van der Waals surface area contributed by atoms with E-state index in [0.29, 0.717) is 5.13 Å². The first kappa shape index (κ1) is 12.1. The number of anilines is 1. The Hall–Kier alpha value is -1.99. The smallest absolute Gasteiger partial charge is 0.297 e. The highest BCUT2D eigenvalue weighted by Crippen LogP contribution is 2.30. The second kappa shape index (κ2) is 4.60. The number of benzene rings is 1. The van der Waals surface area contributed by atoms with Gasteiger partial charge in [-0.1, -0.05) is 35.1 Å². The van der Waals surface area contributed by atoms with E-state index in [2.05, 4.69) is 9.98 Å². The van der Waals surface area contributed by atoms with Crippen molar-refractivity contribution in [1.82, 2.24) is 4.98 Å². The molecule has 19 heavy (non-hydrogen) atoms. The highest BCUT2D eigenvalue weighted by atomic mass is 35.5. The number of para-hydroxylation sites is 1. The first-order valence-electron chi connectivity index (χ1n) is 5.34. The Labute approximate surface area is 116 Å². The zero-order chi connectivity index (χ0) is 13.4. The quantitative estimate of drug-likeness (QED) is 0.485. The second-order valence-corrected chi connectivity index (χ2v) is 5.20. The summed E-state index contributed by atoms with van der Waals surface area (Å²) < 4.78 is 1.02. The predicted molar refractivity (Wildman–Crippen MR) is 75.3 cm³/mol. The number of aromatic nitrogens is 1. The molecule has 0 amide bonds. The fraction of sp³-hybridized carbons (Fsp3) is 0.0909. The van der Waals surface area contributed by atoms with Crippen molar-refractivity contribution in [2.24, 2.45) is 4.99 Å². The van der Waals surface area contributed by atoms with Crippen molar-refractivity contribution in [2.75, 3.05) is 11.4 Å². The van der Waals surface area contributed by atoms with E-state index in [4.69, 9.17) is 11.6 Å². The molecule has 8 heteroatoms. The van der Waals surface area contributed by atoms with Gasteiger partial charge in [0.05, 0.1) is 21.5 Å². The van der Waals surface area contributed by atoms with Gasteiger partial charge in [-0.05, 0) is 12.1 Å². The molecule has 0 radical (unpaired) electrons. The average Bonchev–Trinajstić information content (AvgIpc) is 2.82. The van der Waals surface area contributed by atoms with Crippen LogP contribution in [0, 0.1) is 10.1 Å². The molecule has 0 bridgehead atoms. The van der Waals surface area contributed by atoms with Crippen molar-refractivity contribution < 1.29 is 4.92 Å². The average molecular weight is 295 g/mol. The van der Waals surface area contributed by atoms with Crippen LogP contribution in [0.5, 0.6) is 0 Å². The molecule has 0 atom stereocenters. The summed E-state index contributed by atoms with van der Waals surface area (Å²) in [6.07, 6.45) is 1.47. The molecule has 0 N–H and O–H groups in total. The van der Waals surface area contributed by atoms with Gasteiger partial charge >= 0.3 is 5.70 Å². The molecule has 96 valence electrons. The monoisotopic (exact) mass is 294 g/mol. The van der Waals surface area contributed by atoms with Crippen molar-refractivity contribution in [3.63, 3.8) is 0 Å². The molecule has 0 saturated carbocycles. The zero-order valence-electron chi connectivity index (χ0n) is 9.49. The van der Waals surface area contributed by atoms with Crippen molar-refractivity contribution in [2.45, 2.75) is 0 Å². The first-order valence-corrected chi connectivity index (χ1v) is 6.54. The Morgan fingerprint density at radius 1 is 1.42 bits per heavy atom. The van der Waals surface area contributed by atoms with E-state index in [1.807, 2.05) is 24.3 Å². The summed E-state index contributed by atoms with van der Waals surface area (Å²) in [5.41, 5.74) is 0.739. The molecule has 6 nitrogen and oxygen atoms in total. The number of nitrogens with zero attached hydrogens (tertiary/aromatic N) is 4. The number of hydrogen-bond acceptors (Lipinski definition) is 6. The van der Waals surface area contributed by atoms with Crippen molar-refractivity contribution in [3.05, 3.63) is 45.2 Å². The summed E-state index contributed by atoms with van der Waals surface area (Å²) in [5, 5.41) is 11.4. The molecule has 0 spiro atoms. The highest BCUT2D eigenvalue weighted by Gasteiger charge is 2.26. The van der Waals surface area contributed by atoms with E-state index < -0.39 is 4.92 Å². The van der Waals surface area contributed by atoms with Crippen LogP contribution >= 0.6 is 22.9 Å². The minimum absolute atomic E-state index is 0.0646. The number of halogens is 1. The van der Waals surface area contributed by atoms with Crippen LogP contribution in [0.15, 0.2) is 40.1 Å². The van der Waals surface area contributed by atoms with Gasteiger partial charge in [0.1, 0.15) is 6.54 Å². The molecule has 3 rings (SSSR count). The second-order valence-electron chi connectivity index (χ2n) is 3.83. The third kappa shape index (κ3) is 2.18. The Bertz CT molecular complexity index is 691. The van der Waals surface area contributed by atoms with Crippen LogP contribution in [0.3, 0.4) is 0 Å². The van der Waals surface area contributed by atoms with E-state index in [-0.39, 0.29) is 17.4 Å². The van der Waals surface area contributed by atoms with Crippen LogP contribution in [0.4, 0.5) is 5.13 Å². The van der Waals surface area contributed by atoms with Gasteiger partial charge in [-0.15, -0.1) is 0 Å². The van der Waals surface area contributed by atoms with E-state index >= 15 is 0 Å². The normalized spacial score (nSPS) is 15.3. The molecular formula is C11H7ClN4O2S. The number of aliphatic imine (C=N–C) groups is 1. The molecule has 0 unspecified atom stereocenters. The van der Waals surface area contributed by atoms with Crippen LogP contribution in [-0.4, -0.2) is 22.8 Å². The first-order chi connectivity index (χ1) is 9.15. The molecule has 0 saturated heterocycles. The van der Waals surface area contributed by atoms with Crippen molar-refractivity contribution in [1.29, 1.82) is 0 Å². The van der Waals surface area contributed by atoms with Crippen molar-refractivity contribution in [3.8, 4) is 0 Å². The minimum atomic E-state index is -0.515. The number of nitro groups is 1. The third-order valence-corrected chi connectivity index (χ3v) is 4.01. The van der Waals surface area contributed by atoms with Crippen LogP contribution < -0.4 is 4.90 Å². The van der Waals surface area contributed by atoms with E-state index in [9.17, 15) is 10.1 Å². The Morgan fingerprint density at radius 3 is 2.95 bits per heavy atom. The van der Waals surface area contributed by atoms with Gasteiger partial charge in [-0.25, -0.2) is 9.98 Å². The van der Waals surface area contributed by atoms with Gasteiger partial charge in [0.15, 0.2) is 5.13 Å². The van der Waals surface area contributed by atoms with Crippen LogP contribution in [-0.2, 0) is 0 Å². The maximum Gasteiger partial charge on any atom is 0.302 e. The zero-order valence-corrected chi connectivity index (χ0v) is 11.1. The van der Waals surface area contributed by atoms with Gasteiger partial charge in [-0.3, -0.25) is 15.0 Å². The van der Waals surface area contributed by atoms with E-state index in [1.165, 1.54) is 17.7 Å². The number of thiazole rings is 1. The lowest BCUT2D eigenvalue weighted by atomic mass is 10.3. The fourth-order valence-electron chi connectivity index (χ4n) is 1.70. The fourth-order valence-corrected chi connectivity index (χ4v) is 2.80. The third-order valence-electron chi connectivity index (χ3n) is 2.62. The minimum Gasteiger partial charge on any atom is -0.297 e. The summed E-state index contributed by atoms with van der Waals surface area (Å²) in [5.74, 6) is 0. The summed E-state index contributed by atoms with van der Waals surface area (Å²) in [6.45, 7) is 0.0646. The molecule has 2 aromatic rings. The molecule has 2 heterocycles. The van der Waals surface area contributed by atoms with Crippen LogP contribution in [0.2, 0.25) is 0 Å². The Morgan fingerprint density at radius 2 is 2.21 bits per heavy atom. The van der Waals surface area contributed by atoms with Crippen LogP contribution in [0.1, 0.15) is 0 Å². The molecule has 1 aliphatic heterocycles. The highest BCUT2D eigenvalue weighted by molar-refractivity contribution is 7.22. The lowest BCUT2D eigenvalue weighted by Gasteiger charge is -2.17. The standard InChI is InChI=1S/C11H7ClN4O2S/c12-10-8(16(17)18)5-15(6-13-10)11-14-7-3-1-2-4-9(7)19-11/h1-4,6H,5H2. The molecule has 0 fully saturated rings. The van der Waals surface area contributed by atoms with Gasteiger partial charge in [0.2, 0.25) is 5.16 Å². The molecule has 1 aromatic heterocycles. The summed E-state index contributed by atoms with van der Waals surface area (Å²) >= 11 is 7.16. The number of hydrogen-bond donors (Lipinski definition) is 0. The van der Waals surface area contributed by atoms with E-state index in [1.54, 1.807) is 4.90 Å². The summed E-state index contributed by atoms with van der Waals surface area (Å²) in [7, 11) is 0. The maximum atomic E-state index is 10.9. The Balaban J connectivity index is 1.96. The topological polar surface area (TPSA) is 71.6 Å². The summed E-state index contributed by atoms with van der Waals surface area (Å²) in [6, 6.07) is 7.67. The SMILES string of the molecule is O=[N+]([O-])C1=C(Cl)N=CN(c2nc3ccccc3s2)C1. The molecule has 1 aromatic carbocycles. The Kier molecular flexibility index (Phi) is 2.92. The molecule has 0 aliphatic carbocycles. The maximum absolute atomic E-state index is 10.9. The van der Waals surface area contributed by atoms with E-state index in [0.717, 1.165) is 10.2 Å². The lowest BCUT2D eigenvalue weighted by molar-refractivity contribution is -0.426. The van der Waals surface area contributed by atoms with Crippen LogP contribution in [0.25, 0.3) is 10.2 Å². The van der Waals surface area contributed by atoms with Crippen molar-refractivity contribution >= 4 is 44.6 Å². The predicted octanol–water partition coefficient (Wildman–Crippen LogP) is 2.83. The van der Waals surface area contributed by atoms with Gasteiger partial charge in [-0.2, -0.15) is 0 Å². The summed E-state index contributed by atoms with van der Waals surface area (Å²) in [4.78, 5) is 20.2. The lowest BCUT2D eigenvalue weighted by Crippen LogP contribution is -2.29. The molecule has 1 aliphatic rings. The van der Waals surface area contributed by atoms with Gasteiger partial charge < -0.3 is 0 Å².